The second-order valence-corrected chi connectivity index (χ2v) is 6.45. The molecule has 1 fully saturated rings. The molecule has 1 aliphatic rings. The van der Waals surface area contributed by atoms with Gasteiger partial charge in [0.25, 0.3) is 0 Å². The fourth-order valence-corrected chi connectivity index (χ4v) is 2.71. The lowest BCUT2D eigenvalue weighted by Gasteiger charge is -2.14. The number of tetrazole rings is 1. The predicted octanol–water partition coefficient (Wildman–Crippen LogP) is 0.694. The highest BCUT2D eigenvalue weighted by Crippen LogP contribution is 2.39. The minimum Gasteiger partial charge on any atom is -0.368 e. The van der Waals surface area contributed by atoms with Crippen LogP contribution in [-0.2, 0) is 0 Å². The Kier molecular flexibility index (Phi) is 3.62. The minimum atomic E-state index is -0.0162. The van der Waals surface area contributed by atoms with E-state index in [-0.39, 0.29) is 11.2 Å². The summed E-state index contributed by atoms with van der Waals surface area (Å²) in [4.78, 5) is 14.5. The van der Waals surface area contributed by atoms with Crippen LogP contribution < -0.4 is 10.6 Å². The molecule has 1 atom stereocenters. The first-order valence-electron chi connectivity index (χ1n) is 6.68. The van der Waals surface area contributed by atoms with Gasteiger partial charge < -0.3 is 10.6 Å². The number of hydrogen-bond donors (Lipinski definition) is 1. The largest absolute Gasteiger partial charge is 0.368 e. The molecule has 1 unspecified atom stereocenters. The van der Waals surface area contributed by atoms with Crippen molar-refractivity contribution < 1.29 is 0 Å². The van der Waals surface area contributed by atoms with Gasteiger partial charge in [-0.3, -0.25) is 0 Å². The molecule has 2 heterocycles. The van der Waals surface area contributed by atoms with Crippen LogP contribution in [0.1, 0.15) is 36.9 Å². The quantitative estimate of drug-likeness (QED) is 0.797. The van der Waals surface area contributed by atoms with Crippen molar-refractivity contribution in [1.29, 1.82) is 0 Å². The second-order valence-electron chi connectivity index (χ2n) is 5.14. The summed E-state index contributed by atoms with van der Waals surface area (Å²) in [6.07, 6.45) is 2.27. The van der Waals surface area contributed by atoms with Gasteiger partial charge in [-0.1, -0.05) is 11.8 Å². The number of thioether (sulfide) groups is 1. The molecule has 0 spiro atoms. The van der Waals surface area contributed by atoms with E-state index in [1.807, 2.05) is 25.7 Å². The second kappa shape index (κ2) is 5.43. The summed E-state index contributed by atoms with van der Waals surface area (Å²) in [6, 6.07) is 0.440. The topological polar surface area (TPSA) is 112 Å². The van der Waals surface area contributed by atoms with Crippen LogP contribution in [-0.4, -0.2) is 49.3 Å². The summed E-state index contributed by atoms with van der Waals surface area (Å²) in [5.74, 6) is 1.39. The fourth-order valence-electron chi connectivity index (χ4n) is 1.80. The van der Waals surface area contributed by atoms with Crippen molar-refractivity contribution >= 4 is 23.7 Å². The van der Waals surface area contributed by atoms with Crippen LogP contribution in [0.5, 0.6) is 0 Å². The molecule has 2 N–H and O–H groups in total. The average Bonchev–Trinajstić information content (AvgIpc) is 3.18. The van der Waals surface area contributed by atoms with E-state index in [1.54, 1.807) is 4.90 Å². The van der Waals surface area contributed by atoms with E-state index in [0.717, 1.165) is 18.0 Å². The molecule has 1 saturated carbocycles. The normalized spacial score (nSPS) is 16.0. The number of nitrogens with zero attached hydrogens (tertiary/aromatic N) is 8. The average molecular weight is 307 g/mol. The van der Waals surface area contributed by atoms with Crippen molar-refractivity contribution in [3.05, 3.63) is 5.82 Å². The maximum atomic E-state index is 5.75. The molecule has 2 aromatic rings. The predicted molar refractivity (Wildman–Crippen MR) is 78.9 cm³/mol. The smallest absolute Gasteiger partial charge is 0.229 e. The first-order chi connectivity index (χ1) is 10.0. The van der Waals surface area contributed by atoms with Crippen LogP contribution in [0.4, 0.5) is 11.9 Å². The molecular formula is C11H17N9S. The molecule has 0 aromatic carbocycles. The van der Waals surface area contributed by atoms with Gasteiger partial charge in [0.15, 0.2) is 0 Å². The van der Waals surface area contributed by atoms with Crippen LogP contribution in [0.2, 0.25) is 0 Å². The lowest BCUT2D eigenvalue weighted by Crippen LogP contribution is -2.16. The highest BCUT2D eigenvalue weighted by atomic mass is 32.2. The highest BCUT2D eigenvalue weighted by Gasteiger charge is 2.29. The minimum absolute atomic E-state index is 0.0162. The third-order valence-corrected chi connectivity index (χ3v) is 4.10. The van der Waals surface area contributed by atoms with Crippen molar-refractivity contribution in [3.8, 4) is 0 Å². The summed E-state index contributed by atoms with van der Waals surface area (Å²) in [5, 5.41) is 12.6. The standard InChI is InChI=1S/C11H17N9S/c1-6(8-13-9(12)15-10(14-8)19(2)3)21-11-16-17-18-20(11)7-4-5-7/h6-7H,4-5H2,1-3H3,(H2,12,13,14,15). The molecule has 0 bridgehead atoms. The van der Waals surface area contributed by atoms with Gasteiger partial charge in [-0.05, 0) is 30.2 Å². The molecule has 0 aliphatic heterocycles. The fraction of sp³-hybridized carbons (Fsp3) is 0.636. The third-order valence-electron chi connectivity index (χ3n) is 3.06. The molecule has 0 radical (unpaired) electrons. The van der Waals surface area contributed by atoms with Gasteiger partial charge in [0, 0.05) is 14.1 Å². The van der Waals surface area contributed by atoms with E-state index in [1.165, 1.54) is 11.8 Å². The molecule has 112 valence electrons. The monoisotopic (exact) mass is 307 g/mol. The Morgan fingerprint density at radius 1 is 1.29 bits per heavy atom. The van der Waals surface area contributed by atoms with E-state index in [9.17, 15) is 0 Å². The maximum absolute atomic E-state index is 5.75. The van der Waals surface area contributed by atoms with E-state index < -0.39 is 0 Å². The van der Waals surface area contributed by atoms with E-state index in [4.69, 9.17) is 5.73 Å². The van der Waals surface area contributed by atoms with Crippen LogP contribution >= 0.6 is 11.8 Å². The Balaban J connectivity index is 1.81. The molecule has 9 nitrogen and oxygen atoms in total. The zero-order valence-corrected chi connectivity index (χ0v) is 12.9. The first kappa shape index (κ1) is 14.0. The van der Waals surface area contributed by atoms with E-state index in [0.29, 0.717) is 17.8 Å². The lowest BCUT2D eigenvalue weighted by atomic mass is 10.4. The van der Waals surface area contributed by atoms with Gasteiger partial charge in [-0.25, -0.2) is 4.68 Å². The molecule has 10 heteroatoms. The summed E-state index contributed by atoms with van der Waals surface area (Å²) in [6.45, 7) is 2.00. The molecule has 0 saturated heterocycles. The van der Waals surface area contributed by atoms with Crippen LogP contribution in [0, 0.1) is 0 Å². The number of aromatic nitrogens is 7. The number of hydrogen-bond acceptors (Lipinski definition) is 9. The molecule has 1 aliphatic carbocycles. The molecule has 2 aromatic heterocycles. The van der Waals surface area contributed by atoms with Gasteiger partial charge in [0.2, 0.25) is 17.1 Å². The molecule has 21 heavy (non-hydrogen) atoms. The number of rotatable bonds is 5. The zero-order valence-electron chi connectivity index (χ0n) is 12.1. The van der Waals surface area contributed by atoms with Gasteiger partial charge in [0.1, 0.15) is 5.82 Å². The van der Waals surface area contributed by atoms with Crippen molar-refractivity contribution in [1.82, 2.24) is 35.2 Å². The maximum Gasteiger partial charge on any atom is 0.229 e. The number of nitrogens with two attached hydrogens (primary N) is 1. The van der Waals surface area contributed by atoms with E-state index in [2.05, 4.69) is 30.5 Å². The molecule has 0 amide bonds. The van der Waals surface area contributed by atoms with Gasteiger partial charge in [-0.2, -0.15) is 15.0 Å². The molecule has 3 rings (SSSR count). The van der Waals surface area contributed by atoms with Crippen molar-refractivity contribution in [2.75, 3.05) is 24.7 Å². The Labute approximate surface area is 126 Å². The van der Waals surface area contributed by atoms with Crippen LogP contribution in [0.25, 0.3) is 0 Å². The Hall–Kier alpha value is -1.97. The number of anilines is 2. The van der Waals surface area contributed by atoms with Crippen molar-refractivity contribution in [2.45, 2.75) is 36.2 Å². The van der Waals surface area contributed by atoms with Crippen molar-refractivity contribution in [3.63, 3.8) is 0 Å². The Morgan fingerprint density at radius 3 is 2.71 bits per heavy atom. The van der Waals surface area contributed by atoms with Gasteiger partial charge in [-0.15, -0.1) is 5.10 Å². The van der Waals surface area contributed by atoms with Crippen LogP contribution in [0.15, 0.2) is 5.16 Å². The summed E-state index contributed by atoms with van der Waals surface area (Å²) in [7, 11) is 3.73. The van der Waals surface area contributed by atoms with Gasteiger partial charge in [0.05, 0.1) is 11.3 Å². The van der Waals surface area contributed by atoms with Crippen molar-refractivity contribution in [2.24, 2.45) is 0 Å². The SMILES string of the molecule is CC(Sc1nnnn1C1CC1)c1nc(N)nc(N(C)C)n1. The summed E-state index contributed by atoms with van der Waals surface area (Å²) < 4.78 is 1.87. The third kappa shape index (κ3) is 3.04. The first-order valence-corrected chi connectivity index (χ1v) is 7.56. The summed E-state index contributed by atoms with van der Waals surface area (Å²) in [5.41, 5.74) is 5.75. The highest BCUT2D eigenvalue weighted by molar-refractivity contribution is 7.99. The lowest BCUT2D eigenvalue weighted by molar-refractivity contribution is 0.564. The van der Waals surface area contributed by atoms with Crippen LogP contribution in [0.3, 0.4) is 0 Å². The van der Waals surface area contributed by atoms with Gasteiger partial charge >= 0.3 is 0 Å². The Bertz CT molecular complexity index is 636. The van der Waals surface area contributed by atoms with E-state index >= 15 is 0 Å². The summed E-state index contributed by atoms with van der Waals surface area (Å²) >= 11 is 1.53. The number of nitrogen functional groups attached to an aromatic ring is 1. The zero-order chi connectivity index (χ0) is 15.0. The molecular weight excluding hydrogens is 290 g/mol. The Morgan fingerprint density at radius 2 is 2.05 bits per heavy atom.